The normalized spacial score (nSPS) is 12.0. The van der Waals surface area contributed by atoms with Gasteiger partial charge in [0.1, 0.15) is 5.75 Å². The Kier molecular flexibility index (Phi) is 4.54. The molecule has 6 heteroatoms. The van der Waals surface area contributed by atoms with Crippen molar-refractivity contribution >= 4 is 0 Å². The third-order valence-corrected chi connectivity index (χ3v) is 3.90. The van der Waals surface area contributed by atoms with E-state index in [2.05, 4.69) is 4.98 Å². The van der Waals surface area contributed by atoms with Gasteiger partial charge in [0, 0.05) is 23.5 Å². The predicted molar refractivity (Wildman–Crippen MR) is 94.1 cm³/mol. The number of ether oxygens (including phenoxy) is 1. The summed E-state index contributed by atoms with van der Waals surface area (Å²) in [5.74, 6) is 0.270. The Hall–Kier alpha value is -3.12. The molecule has 6 nitrogen and oxygen atoms in total. The highest BCUT2D eigenvalue weighted by atomic mass is 16.5. The molecule has 0 spiro atoms. The van der Waals surface area contributed by atoms with Crippen LogP contribution in [0.3, 0.4) is 0 Å². The molecule has 0 saturated carbocycles. The fourth-order valence-electron chi connectivity index (χ4n) is 2.61. The van der Waals surface area contributed by atoms with Crippen molar-refractivity contribution in [2.45, 2.75) is 13.0 Å². The number of rotatable bonds is 4. The molecule has 2 aromatic heterocycles. The van der Waals surface area contributed by atoms with Gasteiger partial charge < -0.3 is 19.5 Å². The van der Waals surface area contributed by atoms with E-state index in [1.807, 2.05) is 30.3 Å². The number of pyridine rings is 2. The summed E-state index contributed by atoms with van der Waals surface area (Å²) in [7, 11) is 1.58. The lowest BCUT2D eigenvalue weighted by atomic mass is 10.1. The second-order valence-electron chi connectivity index (χ2n) is 5.66. The van der Waals surface area contributed by atoms with E-state index < -0.39 is 11.5 Å². The van der Waals surface area contributed by atoms with Gasteiger partial charge >= 0.3 is 0 Å². The van der Waals surface area contributed by atoms with Crippen molar-refractivity contribution in [3.8, 4) is 28.3 Å². The van der Waals surface area contributed by atoms with E-state index in [1.54, 1.807) is 31.0 Å². The standard InChI is InChI=1S/C19H18N2O4/c1-12(22)17-8-18(23)19(24)11-21(17)15-5-3-4-13(6-15)14-7-16(25-2)10-20-9-14/h3-12,22,24H,1-2H3. The average Bonchev–Trinajstić information content (AvgIpc) is 2.63. The minimum atomic E-state index is -0.865. The number of aromatic hydroxyl groups is 1. The van der Waals surface area contributed by atoms with Crippen LogP contribution in [0.15, 0.2) is 59.8 Å². The van der Waals surface area contributed by atoms with Crippen molar-refractivity contribution < 1.29 is 14.9 Å². The summed E-state index contributed by atoms with van der Waals surface area (Å²) >= 11 is 0. The van der Waals surface area contributed by atoms with Crippen LogP contribution >= 0.6 is 0 Å². The van der Waals surface area contributed by atoms with Gasteiger partial charge in [0.15, 0.2) is 5.75 Å². The van der Waals surface area contributed by atoms with Gasteiger partial charge in [0.2, 0.25) is 5.43 Å². The Morgan fingerprint density at radius 3 is 2.68 bits per heavy atom. The van der Waals surface area contributed by atoms with E-state index in [1.165, 1.54) is 12.3 Å². The smallest absolute Gasteiger partial charge is 0.223 e. The summed E-state index contributed by atoms with van der Waals surface area (Å²) in [6.45, 7) is 1.57. The lowest BCUT2D eigenvalue weighted by Gasteiger charge is -2.17. The van der Waals surface area contributed by atoms with Crippen molar-refractivity contribution in [1.29, 1.82) is 0 Å². The number of hydrogen-bond acceptors (Lipinski definition) is 5. The molecular formula is C19H18N2O4. The quantitative estimate of drug-likeness (QED) is 0.764. The van der Waals surface area contributed by atoms with Crippen LogP contribution in [0.5, 0.6) is 11.5 Å². The number of nitrogens with zero attached hydrogens (tertiary/aromatic N) is 2. The molecule has 2 heterocycles. The van der Waals surface area contributed by atoms with Crippen molar-refractivity contribution in [3.63, 3.8) is 0 Å². The van der Waals surface area contributed by atoms with E-state index in [0.717, 1.165) is 11.1 Å². The monoisotopic (exact) mass is 338 g/mol. The highest BCUT2D eigenvalue weighted by Crippen LogP contribution is 2.26. The fourth-order valence-corrected chi connectivity index (χ4v) is 2.61. The minimum absolute atomic E-state index is 0.377. The molecule has 0 fully saturated rings. The predicted octanol–water partition coefficient (Wildman–Crippen LogP) is 2.67. The van der Waals surface area contributed by atoms with Crippen LogP contribution in [0.25, 0.3) is 16.8 Å². The van der Waals surface area contributed by atoms with Gasteiger partial charge in [0.25, 0.3) is 0 Å². The molecule has 1 aromatic carbocycles. The van der Waals surface area contributed by atoms with E-state index in [9.17, 15) is 15.0 Å². The Morgan fingerprint density at radius 1 is 1.16 bits per heavy atom. The van der Waals surface area contributed by atoms with Gasteiger partial charge in [-0.3, -0.25) is 9.78 Å². The van der Waals surface area contributed by atoms with Crippen LogP contribution in [-0.4, -0.2) is 26.9 Å². The SMILES string of the molecule is COc1cncc(-c2cccc(-n3cc(O)c(=O)cc3C(C)O)c2)c1. The Balaban J connectivity index is 2.14. The molecule has 0 saturated heterocycles. The molecule has 0 aliphatic carbocycles. The first-order valence-corrected chi connectivity index (χ1v) is 7.73. The second kappa shape index (κ2) is 6.78. The van der Waals surface area contributed by atoms with Crippen LogP contribution in [0, 0.1) is 0 Å². The Bertz CT molecular complexity index is 964. The summed E-state index contributed by atoms with van der Waals surface area (Å²) in [5.41, 5.74) is 2.32. The number of methoxy groups -OCH3 is 1. The lowest BCUT2D eigenvalue weighted by Crippen LogP contribution is -2.13. The molecule has 128 valence electrons. The van der Waals surface area contributed by atoms with Crippen LogP contribution in [0.2, 0.25) is 0 Å². The molecule has 3 aromatic rings. The van der Waals surface area contributed by atoms with Crippen molar-refractivity contribution in [2.24, 2.45) is 0 Å². The molecule has 0 bridgehead atoms. The Labute approximate surface area is 144 Å². The summed E-state index contributed by atoms with van der Waals surface area (Å²) in [6.07, 6.45) is 3.79. The molecular weight excluding hydrogens is 320 g/mol. The number of aliphatic hydroxyl groups is 1. The molecule has 0 radical (unpaired) electrons. The molecule has 0 aliphatic heterocycles. The zero-order valence-corrected chi connectivity index (χ0v) is 13.9. The van der Waals surface area contributed by atoms with Gasteiger partial charge in [0.05, 0.1) is 31.3 Å². The van der Waals surface area contributed by atoms with Crippen LogP contribution in [0.1, 0.15) is 18.7 Å². The maximum Gasteiger partial charge on any atom is 0.223 e. The maximum absolute atomic E-state index is 11.7. The van der Waals surface area contributed by atoms with Gasteiger partial charge in [-0.2, -0.15) is 0 Å². The zero-order valence-electron chi connectivity index (χ0n) is 13.9. The lowest BCUT2D eigenvalue weighted by molar-refractivity contribution is 0.191. The van der Waals surface area contributed by atoms with Gasteiger partial charge in [-0.05, 0) is 30.7 Å². The van der Waals surface area contributed by atoms with Crippen molar-refractivity contribution in [3.05, 3.63) is 70.9 Å². The van der Waals surface area contributed by atoms with Gasteiger partial charge in [-0.1, -0.05) is 12.1 Å². The van der Waals surface area contributed by atoms with Crippen LogP contribution in [-0.2, 0) is 0 Å². The van der Waals surface area contributed by atoms with E-state index in [-0.39, 0.29) is 5.75 Å². The second-order valence-corrected chi connectivity index (χ2v) is 5.66. The summed E-state index contributed by atoms with van der Waals surface area (Å²) in [6, 6.07) is 10.6. The number of aromatic nitrogens is 2. The number of benzene rings is 1. The molecule has 3 rings (SSSR count). The van der Waals surface area contributed by atoms with Gasteiger partial charge in [-0.25, -0.2) is 0 Å². The van der Waals surface area contributed by atoms with E-state index in [4.69, 9.17) is 4.74 Å². The largest absolute Gasteiger partial charge is 0.503 e. The van der Waals surface area contributed by atoms with Crippen molar-refractivity contribution in [1.82, 2.24) is 9.55 Å². The minimum Gasteiger partial charge on any atom is -0.503 e. The molecule has 1 unspecified atom stereocenters. The molecule has 0 aliphatic rings. The summed E-state index contributed by atoms with van der Waals surface area (Å²) < 4.78 is 6.80. The van der Waals surface area contributed by atoms with Gasteiger partial charge in [-0.15, -0.1) is 0 Å². The third kappa shape index (κ3) is 3.39. The molecule has 2 N–H and O–H groups in total. The fraction of sp³-hybridized carbons (Fsp3) is 0.158. The van der Waals surface area contributed by atoms with E-state index in [0.29, 0.717) is 17.1 Å². The van der Waals surface area contributed by atoms with Crippen LogP contribution in [0.4, 0.5) is 0 Å². The van der Waals surface area contributed by atoms with Crippen molar-refractivity contribution in [2.75, 3.05) is 7.11 Å². The highest BCUT2D eigenvalue weighted by Gasteiger charge is 2.12. The first-order valence-electron chi connectivity index (χ1n) is 7.73. The topological polar surface area (TPSA) is 84.6 Å². The third-order valence-electron chi connectivity index (χ3n) is 3.90. The maximum atomic E-state index is 11.7. The zero-order chi connectivity index (χ0) is 18.0. The summed E-state index contributed by atoms with van der Waals surface area (Å²) in [4.78, 5) is 15.8. The average molecular weight is 338 g/mol. The molecule has 25 heavy (non-hydrogen) atoms. The molecule has 0 amide bonds. The highest BCUT2D eigenvalue weighted by molar-refractivity contribution is 5.66. The Morgan fingerprint density at radius 2 is 1.96 bits per heavy atom. The van der Waals surface area contributed by atoms with E-state index >= 15 is 0 Å². The first-order chi connectivity index (χ1) is 12.0. The number of hydrogen-bond donors (Lipinski definition) is 2. The summed E-state index contributed by atoms with van der Waals surface area (Å²) in [5, 5.41) is 19.7. The number of aliphatic hydroxyl groups excluding tert-OH is 1. The first kappa shape index (κ1) is 16.7. The molecule has 1 atom stereocenters. The van der Waals surface area contributed by atoms with Crippen LogP contribution < -0.4 is 10.2 Å².